The molecule has 0 bridgehead atoms. The zero-order chi connectivity index (χ0) is 19.0. The van der Waals surface area contributed by atoms with Gasteiger partial charge in [0.05, 0.1) is 35.6 Å². The number of hydrogen-bond donors (Lipinski definition) is 1. The maximum atomic E-state index is 12.8. The number of fused-ring (bicyclic) bond motifs is 1. The fourth-order valence-corrected chi connectivity index (χ4v) is 3.36. The Morgan fingerprint density at radius 2 is 1.78 bits per heavy atom. The van der Waals surface area contributed by atoms with E-state index in [2.05, 4.69) is 9.97 Å². The summed E-state index contributed by atoms with van der Waals surface area (Å²) in [7, 11) is 1.75. The van der Waals surface area contributed by atoms with Gasteiger partial charge in [-0.25, -0.2) is 9.88 Å². The zero-order valence-electron chi connectivity index (χ0n) is 14.8. The van der Waals surface area contributed by atoms with Gasteiger partial charge < -0.3 is 4.98 Å². The van der Waals surface area contributed by atoms with Gasteiger partial charge in [0.15, 0.2) is 0 Å². The van der Waals surface area contributed by atoms with Gasteiger partial charge in [-0.1, -0.05) is 30.3 Å². The molecule has 7 heteroatoms. The molecule has 0 saturated carbocycles. The Bertz CT molecular complexity index is 1080. The average molecular weight is 362 g/mol. The molecule has 1 N–H and O–H groups in total. The van der Waals surface area contributed by atoms with Gasteiger partial charge in [-0.3, -0.25) is 19.3 Å². The number of imide groups is 1. The fraction of sp³-hybridized carbons (Fsp3) is 0.200. The van der Waals surface area contributed by atoms with Crippen molar-refractivity contribution in [3.05, 3.63) is 70.8 Å². The van der Waals surface area contributed by atoms with E-state index in [1.54, 1.807) is 54.4 Å². The minimum absolute atomic E-state index is 0.0992. The number of rotatable bonds is 4. The number of aromatic nitrogens is 2. The summed E-state index contributed by atoms with van der Waals surface area (Å²) >= 11 is 0. The third-order valence-corrected chi connectivity index (χ3v) is 4.73. The van der Waals surface area contributed by atoms with Crippen LogP contribution < -0.4 is 10.5 Å². The predicted molar refractivity (Wildman–Crippen MR) is 101 cm³/mol. The highest BCUT2D eigenvalue weighted by Crippen LogP contribution is 2.25. The van der Waals surface area contributed by atoms with Gasteiger partial charge in [-0.15, -0.1) is 0 Å². The first-order valence-corrected chi connectivity index (χ1v) is 8.64. The molecular formula is C20H18N4O3. The molecule has 1 atom stereocenters. The minimum atomic E-state index is -0.588. The molecule has 1 aromatic heterocycles. The van der Waals surface area contributed by atoms with Crippen molar-refractivity contribution in [1.29, 1.82) is 0 Å². The van der Waals surface area contributed by atoms with Gasteiger partial charge in [0, 0.05) is 0 Å². The van der Waals surface area contributed by atoms with Crippen molar-refractivity contribution in [3.8, 4) is 0 Å². The molecular weight excluding hydrogens is 344 g/mol. The summed E-state index contributed by atoms with van der Waals surface area (Å²) in [6, 6.07) is 15.4. The maximum Gasteiger partial charge on any atom is 0.258 e. The second-order valence-corrected chi connectivity index (χ2v) is 6.57. The molecule has 1 fully saturated rings. The van der Waals surface area contributed by atoms with E-state index in [0.717, 1.165) is 0 Å². The van der Waals surface area contributed by atoms with Crippen molar-refractivity contribution in [1.82, 2.24) is 14.9 Å². The first-order chi connectivity index (χ1) is 13.0. The molecule has 27 heavy (non-hydrogen) atoms. The summed E-state index contributed by atoms with van der Waals surface area (Å²) < 4.78 is 0. The van der Waals surface area contributed by atoms with Crippen LogP contribution in [0, 0.1) is 0 Å². The molecule has 1 unspecified atom stereocenters. The third kappa shape index (κ3) is 3.13. The number of carbonyl (C=O) groups excluding carboxylic acids is 2. The molecule has 1 saturated heterocycles. The van der Waals surface area contributed by atoms with Gasteiger partial charge in [-0.05, 0) is 31.3 Å². The van der Waals surface area contributed by atoms with Crippen LogP contribution in [0.5, 0.6) is 0 Å². The molecule has 7 nitrogen and oxygen atoms in total. The lowest BCUT2D eigenvalue weighted by molar-refractivity contribution is -0.122. The van der Waals surface area contributed by atoms with Crippen molar-refractivity contribution < 1.29 is 9.59 Å². The van der Waals surface area contributed by atoms with Crippen LogP contribution in [0.25, 0.3) is 10.9 Å². The number of hydrogen-bond acceptors (Lipinski definition) is 5. The molecule has 1 aliphatic rings. The van der Waals surface area contributed by atoms with Gasteiger partial charge in [-0.2, -0.15) is 0 Å². The van der Waals surface area contributed by atoms with Crippen LogP contribution in [0.1, 0.15) is 12.2 Å². The van der Waals surface area contributed by atoms with Gasteiger partial charge in [0.25, 0.3) is 11.5 Å². The lowest BCUT2D eigenvalue weighted by Crippen LogP contribution is -2.40. The van der Waals surface area contributed by atoms with Crippen molar-refractivity contribution in [2.75, 3.05) is 11.9 Å². The Hall–Kier alpha value is -3.32. The quantitative estimate of drug-likeness (QED) is 0.714. The second-order valence-electron chi connectivity index (χ2n) is 6.57. The molecule has 0 aliphatic carbocycles. The summed E-state index contributed by atoms with van der Waals surface area (Å²) in [5.74, 6) is -0.0422. The van der Waals surface area contributed by atoms with E-state index in [4.69, 9.17) is 0 Å². The Kier molecular flexibility index (Phi) is 4.29. The van der Waals surface area contributed by atoms with E-state index in [1.807, 2.05) is 12.1 Å². The van der Waals surface area contributed by atoms with Crippen LogP contribution in [0.3, 0.4) is 0 Å². The molecule has 136 valence electrons. The van der Waals surface area contributed by atoms with Crippen LogP contribution in [-0.2, 0) is 16.1 Å². The Morgan fingerprint density at radius 1 is 1.07 bits per heavy atom. The zero-order valence-corrected chi connectivity index (χ0v) is 14.8. The van der Waals surface area contributed by atoms with Crippen LogP contribution in [-0.4, -0.2) is 39.8 Å². The lowest BCUT2D eigenvalue weighted by atomic mass is 10.2. The molecule has 1 aliphatic heterocycles. The first kappa shape index (κ1) is 17.1. The topological polar surface area (TPSA) is 86.4 Å². The van der Waals surface area contributed by atoms with Crippen LogP contribution >= 0.6 is 0 Å². The van der Waals surface area contributed by atoms with Gasteiger partial charge >= 0.3 is 0 Å². The number of nitrogens with one attached hydrogen (secondary N) is 1. The molecule has 2 amide bonds. The van der Waals surface area contributed by atoms with Crippen LogP contribution in [0.4, 0.5) is 5.69 Å². The summed E-state index contributed by atoms with van der Waals surface area (Å²) in [6.45, 7) is 0.256. The molecule has 2 aromatic carbocycles. The molecule has 0 spiro atoms. The smallest absolute Gasteiger partial charge is 0.258 e. The average Bonchev–Trinajstić information content (AvgIpc) is 2.97. The van der Waals surface area contributed by atoms with Gasteiger partial charge in [0.1, 0.15) is 5.82 Å². The van der Waals surface area contributed by atoms with Crippen molar-refractivity contribution in [2.45, 2.75) is 19.0 Å². The molecule has 2 heterocycles. The fourth-order valence-electron chi connectivity index (χ4n) is 3.36. The van der Waals surface area contributed by atoms with E-state index in [9.17, 15) is 14.4 Å². The van der Waals surface area contributed by atoms with E-state index < -0.39 is 6.04 Å². The Labute approximate surface area is 155 Å². The van der Waals surface area contributed by atoms with Crippen molar-refractivity contribution in [3.63, 3.8) is 0 Å². The van der Waals surface area contributed by atoms with Crippen molar-refractivity contribution >= 4 is 28.4 Å². The first-order valence-electron chi connectivity index (χ1n) is 8.64. The lowest BCUT2D eigenvalue weighted by Gasteiger charge is -2.22. The number of likely N-dealkylation sites (N-methyl/N-ethyl adjacent to an activating group) is 1. The van der Waals surface area contributed by atoms with Gasteiger partial charge in [0.2, 0.25) is 5.91 Å². The summed E-state index contributed by atoms with van der Waals surface area (Å²) in [6.07, 6.45) is 0.0992. The highest BCUT2D eigenvalue weighted by molar-refractivity contribution is 6.22. The summed E-state index contributed by atoms with van der Waals surface area (Å²) in [5, 5.41) is 0.520. The standard InChI is InChI=1S/C20H18N4O3/c1-23(12-17-21-15-10-6-5-9-14(15)19(26)22-17)16-11-18(25)24(20(16)27)13-7-3-2-4-8-13/h2-10,16H,11-12H2,1H3,(H,21,22,26). The number of para-hydroxylation sites is 2. The van der Waals surface area contributed by atoms with E-state index in [0.29, 0.717) is 22.4 Å². The SMILES string of the molecule is CN(Cc1nc2ccccc2c(=O)[nH]1)C1CC(=O)N(c2ccccc2)C1=O. The number of nitrogens with zero attached hydrogens (tertiary/aromatic N) is 3. The number of anilines is 1. The third-order valence-electron chi connectivity index (χ3n) is 4.73. The van der Waals surface area contributed by atoms with Crippen LogP contribution in [0.15, 0.2) is 59.4 Å². The number of aromatic amines is 1. The molecule has 4 rings (SSSR count). The molecule has 3 aromatic rings. The number of H-pyrrole nitrogens is 1. The maximum absolute atomic E-state index is 12.8. The van der Waals surface area contributed by atoms with Crippen molar-refractivity contribution in [2.24, 2.45) is 0 Å². The highest BCUT2D eigenvalue weighted by Gasteiger charge is 2.41. The number of carbonyl (C=O) groups is 2. The number of benzene rings is 2. The van der Waals surface area contributed by atoms with E-state index in [1.165, 1.54) is 4.90 Å². The Balaban J connectivity index is 1.57. The van der Waals surface area contributed by atoms with Crippen LogP contribution in [0.2, 0.25) is 0 Å². The summed E-state index contributed by atoms with van der Waals surface area (Å²) in [5.41, 5.74) is 0.953. The summed E-state index contributed by atoms with van der Waals surface area (Å²) in [4.78, 5) is 47.6. The second kappa shape index (κ2) is 6.77. The minimum Gasteiger partial charge on any atom is -0.309 e. The predicted octanol–water partition coefficient (Wildman–Crippen LogP) is 1.69. The molecule has 0 radical (unpaired) electrons. The van der Waals surface area contributed by atoms with E-state index in [-0.39, 0.29) is 30.3 Å². The largest absolute Gasteiger partial charge is 0.309 e. The normalized spacial score (nSPS) is 17.3. The highest BCUT2D eigenvalue weighted by atomic mass is 16.2. The number of amides is 2. The Morgan fingerprint density at radius 3 is 2.56 bits per heavy atom. The van der Waals surface area contributed by atoms with E-state index >= 15 is 0 Å². The monoisotopic (exact) mass is 362 g/mol.